The van der Waals surface area contributed by atoms with Gasteiger partial charge in [0, 0.05) is 0 Å². The van der Waals surface area contributed by atoms with Crippen molar-refractivity contribution in [2.24, 2.45) is 0 Å². The molecule has 0 unspecified atom stereocenters. The van der Waals surface area contributed by atoms with Gasteiger partial charge in [0.1, 0.15) is 5.01 Å². The van der Waals surface area contributed by atoms with Gasteiger partial charge in [-0.2, -0.15) is 0 Å². The Morgan fingerprint density at radius 2 is 2.00 bits per heavy atom. The maximum absolute atomic E-state index is 4.83. The van der Waals surface area contributed by atoms with Crippen LogP contribution >= 0.6 is 15.9 Å². The number of halogens is 1. The molecule has 1 aliphatic rings. The molecular formula is C3H5BrO. The molecule has 1 fully saturated rings. The van der Waals surface area contributed by atoms with E-state index in [1.54, 1.807) is 0 Å². The molecule has 0 bridgehead atoms. The fraction of sp³-hybridized carbons (Fsp3) is 1.00. The van der Waals surface area contributed by atoms with Gasteiger partial charge in [-0.3, -0.25) is 0 Å². The third-order valence-electron chi connectivity index (χ3n) is 0.637. The third-order valence-corrected chi connectivity index (χ3v) is 1.60. The van der Waals surface area contributed by atoms with Crippen molar-refractivity contribution >= 4 is 15.9 Å². The summed E-state index contributed by atoms with van der Waals surface area (Å²) >= 11 is 3.23. The highest BCUT2D eigenvalue weighted by molar-refractivity contribution is 9.09. The molecule has 1 saturated heterocycles. The predicted octanol–water partition coefficient (Wildman–Crippen LogP) is 1.13. The molecule has 0 aliphatic carbocycles. The van der Waals surface area contributed by atoms with Gasteiger partial charge >= 0.3 is 0 Å². The van der Waals surface area contributed by atoms with Gasteiger partial charge in [-0.25, -0.2) is 0 Å². The predicted molar refractivity (Wildman–Crippen MR) is 23.3 cm³/mol. The van der Waals surface area contributed by atoms with Crippen LogP contribution in [0.1, 0.15) is 6.92 Å². The molecule has 1 aliphatic heterocycles. The maximum Gasteiger partial charge on any atom is 0.138 e. The van der Waals surface area contributed by atoms with Gasteiger partial charge in [0.2, 0.25) is 0 Å². The summed E-state index contributed by atoms with van der Waals surface area (Å²) in [7, 11) is 0. The molecule has 0 aromatic heterocycles. The molecule has 0 spiro atoms. The van der Waals surface area contributed by atoms with Crippen LogP contribution in [0.15, 0.2) is 0 Å². The van der Waals surface area contributed by atoms with Crippen molar-refractivity contribution in [1.29, 1.82) is 0 Å². The van der Waals surface area contributed by atoms with Crippen LogP contribution < -0.4 is 0 Å². The van der Waals surface area contributed by atoms with Gasteiger partial charge in [0.25, 0.3) is 0 Å². The van der Waals surface area contributed by atoms with Gasteiger partial charge in [0.15, 0.2) is 0 Å². The normalized spacial score (nSPS) is 49.2. The molecule has 2 heteroatoms. The second-order valence-electron chi connectivity index (χ2n) is 1.19. The summed E-state index contributed by atoms with van der Waals surface area (Å²) < 4.78 is 4.83. The Bertz CT molecular complexity index is 40.2. The summed E-state index contributed by atoms with van der Waals surface area (Å²) in [6.45, 7) is 2.03. The van der Waals surface area contributed by atoms with Crippen LogP contribution in [0.4, 0.5) is 0 Å². The van der Waals surface area contributed by atoms with Gasteiger partial charge in [-0.05, 0) is 6.92 Å². The number of hydrogen-bond donors (Lipinski definition) is 0. The highest BCUT2D eigenvalue weighted by Gasteiger charge is 2.30. The lowest BCUT2D eigenvalue weighted by Gasteiger charge is -1.55. The number of epoxide rings is 1. The SMILES string of the molecule is C[C@@H]1O[C@@H]1Br. The second kappa shape index (κ2) is 0.949. The fourth-order valence-corrected chi connectivity index (χ4v) is 0.500. The smallest absolute Gasteiger partial charge is 0.138 e. The Kier molecular flexibility index (Phi) is 0.688. The summed E-state index contributed by atoms with van der Waals surface area (Å²) in [4.78, 5) is 0. The Morgan fingerprint density at radius 3 is 2.00 bits per heavy atom. The quantitative estimate of drug-likeness (QED) is 0.360. The van der Waals surface area contributed by atoms with Crippen molar-refractivity contribution in [2.75, 3.05) is 0 Å². The summed E-state index contributed by atoms with van der Waals surface area (Å²) in [6.07, 6.45) is 0.468. The van der Waals surface area contributed by atoms with E-state index in [0.717, 1.165) is 0 Å². The topological polar surface area (TPSA) is 12.5 Å². The van der Waals surface area contributed by atoms with Gasteiger partial charge in [-0.15, -0.1) is 0 Å². The largest absolute Gasteiger partial charge is 0.358 e. The monoisotopic (exact) mass is 136 g/mol. The second-order valence-corrected chi connectivity index (χ2v) is 2.09. The molecular weight excluding hydrogens is 132 g/mol. The highest BCUT2D eigenvalue weighted by Crippen LogP contribution is 2.25. The number of rotatable bonds is 0. The van der Waals surface area contributed by atoms with E-state index >= 15 is 0 Å². The zero-order chi connectivity index (χ0) is 3.86. The van der Waals surface area contributed by atoms with E-state index in [2.05, 4.69) is 15.9 Å². The number of hydrogen-bond acceptors (Lipinski definition) is 1. The zero-order valence-electron chi connectivity index (χ0n) is 2.94. The molecule has 2 atom stereocenters. The van der Waals surface area contributed by atoms with E-state index in [0.29, 0.717) is 11.1 Å². The molecule has 1 heterocycles. The standard InChI is InChI=1S/C3H5BrO/c1-2-3(4)5-2/h2-3H,1H3/t2-,3-/m0/s1. The summed E-state index contributed by atoms with van der Waals surface area (Å²) in [5.74, 6) is 0. The third kappa shape index (κ3) is 0.637. The minimum Gasteiger partial charge on any atom is -0.358 e. The molecule has 0 amide bonds. The van der Waals surface area contributed by atoms with Crippen molar-refractivity contribution in [2.45, 2.75) is 18.0 Å². The van der Waals surface area contributed by atoms with E-state index in [-0.39, 0.29) is 0 Å². The number of ether oxygens (including phenoxy) is 1. The lowest BCUT2D eigenvalue weighted by Crippen LogP contribution is -1.68. The lowest BCUT2D eigenvalue weighted by molar-refractivity contribution is 0.415. The van der Waals surface area contributed by atoms with Gasteiger partial charge in [0.05, 0.1) is 6.10 Å². The molecule has 0 aromatic carbocycles. The molecule has 0 radical (unpaired) electrons. The van der Waals surface area contributed by atoms with Crippen LogP contribution in [0, 0.1) is 0 Å². The first-order valence-corrected chi connectivity index (χ1v) is 2.52. The Hall–Kier alpha value is 0.440. The lowest BCUT2D eigenvalue weighted by atomic mass is 10.6. The molecule has 30 valence electrons. The van der Waals surface area contributed by atoms with Crippen LogP contribution in [-0.4, -0.2) is 11.1 Å². The summed E-state index contributed by atoms with van der Waals surface area (Å²) in [6, 6.07) is 0. The van der Waals surface area contributed by atoms with E-state index in [9.17, 15) is 0 Å². The molecule has 5 heavy (non-hydrogen) atoms. The van der Waals surface area contributed by atoms with E-state index in [1.165, 1.54) is 0 Å². The van der Waals surface area contributed by atoms with Gasteiger partial charge in [-0.1, -0.05) is 15.9 Å². The van der Waals surface area contributed by atoms with E-state index in [1.807, 2.05) is 6.92 Å². The Labute approximate surface area is 39.4 Å². The zero-order valence-corrected chi connectivity index (χ0v) is 4.53. The minimum absolute atomic E-state index is 0.363. The van der Waals surface area contributed by atoms with Crippen LogP contribution in [0.3, 0.4) is 0 Å². The average molecular weight is 137 g/mol. The van der Waals surface area contributed by atoms with Crippen LogP contribution in [0.5, 0.6) is 0 Å². The van der Waals surface area contributed by atoms with Crippen molar-refractivity contribution in [3.05, 3.63) is 0 Å². The highest BCUT2D eigenvalue weighted by atomic mass is 79.9. The first-order chi connectivity index (χ1) is 2.30. The van der Waals surface area contributed by atoms with Crippen LogP contribution in [0.2, 0.25) is 0 Å². The Balaban J connectivity index is 2.20. The number of alkyl halides is 1. The summed E-state index contributed by atoms with van der Waals surface area (Å²) in [5, 5.41) is 0.363. The van der Waals surface area contributed by atoms with Gasteiger partial charge < -0.3 is 4.74 Å². The van der Waals surface area contributed by atoms with Crippen molar-refractivity contribution in [1.82, 2.24) is 0 Å². The average Bonchev–Trinajstić information content (AvgIpc) is 1.79. The van der Waals surface area contributed by atoms with E-state index < -0.39 is 0 Å². The molecule has 1 rings (SSSR count). The summed E-state index contributed by atoms with van der Waals surface area (Å²) in [5.41, 5.74) is 0. The molecule has 1 nitrogen and oxygen atoms in total. The van der Waals surface area contributed by atoms with Crippen LogP contribution in [-0.2, 0) is 4.74 Å². The fourth-order valence-electron chi connectivity index (χ4n) is 0.160. The van der Waals surface area contributed by atoms with Crippen molar-refractivity contribution in [3.8, 4) is 0 Å². The van der Waals surface area contributed by atoms with Crippen LogP contribution in [0.25, 0.3) is 0 Å². The molecule has 0 aromatic rings. The molecule has 0 saturated carbocycles. The van der Waals surface area contributed by atoms with E-state index in [4.69, 9.17) is 4.74 Å². The molecule has 0 N–H and O–H groups in total. The van der Waals surface area contributed by atoms with Crippen molar-refractivity contribution in [3.63, 3.8) is 0 Å². The first-order valence-electron chi connectivity index (χ1n) is 1.60. The first kappa shape index (κ1) is 3.62. The Morgan fingerprint density at radius 1 is 1.80 bits per heavy atom. The minimum atomic E-state index is 0.363. The van der Waals surface area contributed by atoms with Crippen molar-refractivity contribution < 1.29 is 4.74 Å². The maximum atomic E-state index is 4.83.